The summed E-state index contributed by atoms with van der Waals surface area (Å²) in [6.45, 7) is 3.95. The molecule has 0 atom stereocenters. The molecule has 32 heavy (non-hydrogen) atoms. The maximum absolute atomic E-state index is 13.0. The van der Waals surface area contributed by atoms with E-state index in [-0.39, 0.29) is 11.5 Å². The van der Waals surface area contributed by atoms with Crippen molar-refractivity contribution in [2.75, 3.05) is 33.4 Å². The van der Waals surface area contributed by atoms with E-state index in [9.17, 15) is 13.2 Å². The minimum Gasteiger partial charge on any atom is -0.497 e. The number of rotatable bonds is 7. The molecule has 10 heteroatoms. The largest absolute Gasteiger partial charge is 0.497 e. The van der Waals surface area contributed by atoms with Crippen molar-refractivity contribution in [3.05, 3.63) is 53.9 Å². The van der Waals surface area contributed by atoms with Crippen LogP contribution >= 0.6 is 0 Å². The highest BCUT2D eigenvalue weighted by Crippen LogP contribution is 2.24. The Morgan fingerprint density at radius 2 is 1.84 bits per heavy atom. The number of imidazole rings is 1. The molecule has 1 aromatic heterocycles. The summed E-state index contributed by atoms with van der Waals surface area (Å²) < 4.78 is 45.1. The van der Waals surface area contributed by atoms with Gasteiger partial charge in [-0.2, -0.15) is 4.31 Å². The highest BCUT2D eigenvalue weighted by atomic mass is 32.2. The van der Waals surface area contributed by atoms with Gasteiger partial charge >= 0.3 is 5.97 Å². The molecule has 9 nitrogen and oxygen atoms in total. The maximum Gasteiger partial charge on any atom is 0.338 e. The van der Waals surface area contributed by atoms with Crippen molar-refractivity contribution in [3.8, 4) is 5.75 Å². The van der Waals surface area contributed by atoms with Gasteiger partial charge in [0, 0.05) is 19.6 Å². The van der Waals surface area contributed by atoms with E-state index in [1.807, 2.05) is 11.5 Å². The molecule has 0 spiro atoms. The summed E-state index contributed by atoms with van der Waals surface area (Å²) in [6, 6.07) is 11.5. The Hall–Kier alpha value is -2.95. The minimum absolute atomic E-state index is 0.0288. The fourth-order valence-corrected chi connectivity index (χ4v) is 5.09. The molecule has 0 saturated carbocycles. The van der Waals surface area contributed by atoms with Gasteiger partial charge < -0.3 is 18.8 Å². The normalized spacial score (nSPS) is 15.1. The van der Waals surface area contributed by atoms with Crippen molar-refractivity contribution < 1.29 is 27.4 Å². The second kappa shape index (κ2) is 9.27. The Balaban J connectivity index is 1.56. The third-order valence-corrected chi connectivity index (χ3v) is 7.28. The molecule has 2 aromatic carbocycles. The number of carbonyl (C=O) groups is 1. The van der Waals surface area contributed by atoms with Crippen LogP contribution in [0.2, 0.25) is 0 Å². The molecule has 0 unspecified atom stereocenters. The summed E-state index contributed by atoms with van der Waals surface area (Å²) in [7, 11) is -2.07. The fourth-order valence-electron chi connectivity index (χ4n) is 3.66. The number of aromatic nitrogens is 2. The van der Waals surface area contributed by atoms with E-state index in [1.54, 1.807) is 49.6 Å². The molecule has 4 rings (SSSR count). The van der Waals surface area contributed by atoms with E-state index in [0.717, 1.165) is 5.52 Å². The zero-order valence-electron chi connectivity index (χ0n) is 18.0. The van der Waals surface area contributed by atoms with Gasteiger partial charge in [-0.3, -0.25) is 0 Å². The average molecular weight is 460 g/mol. The van der Waals surface area contributed by atoms with Crippen LogP contribution in [0.5, 0.6) is 5.75 Å². The average Bonchev–Trinajstić information content (AvgIpc) is 3.19. The van der Waals surface area contributed by atoms with Crippen LogP contribution in [-0.2, 0) is 32.6 Å². The first-order chi connectivity index (χ1) is 15.4. The van der Waals surface area contributed by atoms with Crippen LogP contribution in [-0.4, -0.2) is 61.7 Å². The predicted octanol–water partition coefficient (Wildman–Crippen LogP) is 2.44. The van der Waals surface area contributed by atoms with Crippen molar-refractivity contribution in [2.24, 2.45) is 0 Å². The quantitative estimate of drug-likeness (QED) is 0.500. The van der Waals surface area contributed by atoms with Gasteiger partial charge in [0.2, 0.25) is 10.0 Å². The molecular weight excluding hydrogens is 434 g/mol. The Morgan fingerprint density at radius 1 is 1.12 bits per heavy atom. The van der Waals surface area contributed by atoms with Gasteiger partial charge in [-0.25, -0.2) is 18.2 Å². The van der Waals surface area contributed by atoms with Crippen molar-refractivity contribution in [1.82, 2.24) is 13.9 Å². The third kappa shape index (κ3) is 4.34. The summed E-state index contributed by atoms with van der Waals surface area (Å²) in [5, 5.41) is 0. The smallest absolute Gasteiger partial charge is 0.338 e. The number of carbonyl (C=O) groups excluding carboxylic acids is 1. The van der Waals surface area contributed by atoms with Gasteiger partial charge in [0.1, 0.15) is 18.2 Å². The van der Waals surface area contributed by atoms with Crippen molar-refractivity contribution >= 4 is 27.0 Å². The van der Waals surface area contributed by atoms with E-state index < -0.39 is 16.0 Å². The molecular formula is C22H25N3O6S. The summed E-state index contributed by atoms with van der Waals surface area (Å²) in [6.07, 6.45) is 0. The van der Waals surface area contributed by atoms with E-state index in [1.165, 1.54) is 4.31 Å². The van der Waals surface area contributed by atoms with Gasteiger partial charge in [-0.15, -0.1) is 0 Å². The summed E-state index contributed by atoms with van der Waals surface area (Å²) in [4.78, 5) is 17.1. The van der Waals surface area contributed by atoms with Gasteiger partial charge in [-0.1, -0.05) is 0 Å². The van der Waals surface area contributed by atoms with Gasteiger partial charge in [0.05, 0.1) is 41.8 Å². The van der Waals surface area contributed by atoms with Gasteiger partial charge in [0.25, 0.3) is 0 Å². The number of sulfonamides is 1. The third-order valence-electron chi connectivity index (χ3n) is 5.38. The van der Waals surface area contributed by atoms with E-state index in [4.69, 9.17) is 14.2 Å². The van der Waals surface area contributed by atoms with Crippen LogP contribution in [0.15, 0.2) is 47.4 Å². The monoisotopic (exact) mass is 459 g/mol. The molecule has 0 amide bonds. The lowest BCUT2D eigenvalue weighted by Crippen LogP contribution is -2.40. The Labute approximate surface area is 186 Å². The molecule has 1 aliphatic rings. The van der Waals surface area contributed by atoms with Crippen molar-refractivity contribution in [3.63, 3.8) is 0 Å². The molecule has 0 bridgehead atoms. The molecule has 1 saturated heterocycles. The Morgan fingerprint density at radius 3 is 2.50 bits per heavy atom. The van der Waals surface area contributed by atoms with Crippen LogP contribution in [0.4, 0.5) is 0 Å². The number of hydrogen-bond donors (Lipinski definition) is 0. The minimum atomic E-state index is -3.62. The van der Waals surface area contributed by atoms with E-state index in [2.05, 4.69) is 4.98 Å². The number of benzene rings is 2. The molecule has 0 N–H and O–H groups in total. The lowest BCUT2D eigenvalue weighted by Gasteiger charge is -2.26. The second-order valence-corrected chi connectivity index (χ2v) is 9.18. The highest BCUT2D eigenvalue weighted by Gasteiger charge is 2.27. The zero-order valence-corrected chi connectivity index (χ0v) is 18.8. The van der Waals surface area contributed by atoms with Crippen LogP contribution in [0.1, 0.15) is 23.1 Å². The maximum atomic E-state index is 13.0. The Kier molecular flexibility index (Phi) is 6.45. The lowest BCUT2D eigenvalue weighted by molar-refractivity contribution is 0.0458. The molecule has 1 aliphatic heterocycles. The number of aryl methyl sites for hydroxylation is 1. The predicted molar refractivity (Wildman–Crippen MR) is 117 cm³/mol. The SMILES string of the molecule is CCn1c(COC(=O)c2ccc(OC)cc2)nc2cc(S(=O)(=O)N3CCOCC3)ccc21. The number of morpholine rings is 1. The second-order valence-electron chi connectivity index (χ2n) is 7.24. The van der Waals surface area contributed by atoms with Crippen molar-refractivity contribution in [1.29, 1.82) is 0 Å². The zero-order chi connectivity index (χ0) is 22.7. The first-order valence-corrected chi connectivity index (χ1v) is 11.8. The topological polar surface area (TPSA) is 100.0 Å². The van der Waals surface area contributed by atoms with Crippen molar-refractivity contribution in [2.45, 2.75) is 25.0 Å². The van der Waals surface area contributed by atoms with Crippen LogP contribution in [0, 0.1) is 0 Å². The van der Waals surface area contributed by atoms with Gasteiger partial charge in [-0.05, 0) is 49.4 Å². The van der Waals surface area contributed by atoms with E-state index in [0.29, 0.717) is 55.5 Å². The number of fused-ring (bicyclic) bond motifs is 1. The first kappa shape index (κ1) is 22.3. The molecule has 0 radical (unpaired) electrons. The van der Waals surface area contributed by atoms with E-state index >= 15 is 0 Å². The number of nitrogens with zero attached hydrogens (tertiary/aromatic N) is 3. The molecule has 170 valence electrons. The van der Waals surface area contributed by atoms with Crippen LogP contribution in [0.3, 0.4) is 0 Å². The number of esters is 1. The number of ether oxygens (including phenoxy) is 3. The molecule has 0 aliphatic carbocycles. The molecule has 2 heterocycles. The summed E-state index contributed by atoms with van der Waals surface area (Å²) >= 11 is 0. The number of hydrogen-bond acceptors (Lipinski definition) is 7. The molecule has 1 fully saturated rings. The lowest BCUT2D eigenvalue weighted by atomic mass is 10.2. The van der Waals surface area contributed by atoms with Gasteiger partial charge in [0.15, 0.2) is 0 Å². The number of methoxy groups -OCH3 is 1. The summed E-state index contributed by atoms with van der Waals surface area (Å²) in [5.41, 5.74) is 1.73. The fraction of sp³-hybridized carbons (Fsp3) is 0.364. The summed E-state index contributed by atoms with van der Waals surface area (Å²) in [5.74, 6) is 0.723. The Bertz CT molecular complexity index is 1210. The van der Waals surface area contributed by atoms with Crippen LogP contribution in [0.25, 0.3) is 11.0 Å². The highest BCUT2D eigenvalue weighted by molar-refractivity contribution is 7.89. The van der Waals surface area contributed by atoms with Crippen LogP contribution < -0.4 is 4.74 Å². The first-order valence-electron chi connectivity index (χ1n) is 10.3. The molecule has 3 aromatic rings. The standard InChI is InChI=1S/C22H25N3O6S/c1-3-25-20-9-8-18(32(27,28)24-10-12-30-13-11-24)14-19(20)23-21(25)15-31-22(26)16-4-6-17(29-2)7-5-16/h4-9,14H,3,10-13,15H2,1-2H3.